The van der Waals surface area contributed by atoms with Crippen LogP contribution in [0.2, 0.25) is 5.02 Å². The molecular weight excluding hydrogens is 272 g/mol. The Bertz CT molecular complexity index is 1030. The van der Waals surface area contributed by atoms with Gasteiger partial charge in [0, 0.05) is 10.4 Å². The summed E-state index contributed by atoms with van der Waals surface area (Å²) in [5.74, 6) is 0. The second kappa shape index (κ2) is 4.09. The highest BCUT2D eigenvalue weighted by atomic mass is 35.5. The molecule has 0 bridgehead atoms. The first kappa shape index (κ1) is 11.5. The van der Waals surface area contributed by atoms with Crippen LogP contribution in [0.4, 0.5) is 0 Å². The number of para-hydroxylation sites is 1. The zero-order chi connectivity index (χ0) is 13.7. The van der Waals surface area contributed by atoms with Crippen molar-refractivity contribution >= 4 is 44.3 Å². The Hall–Kier alpha value is -2.32. The summed E-state index contributed by atoms with van der Waals surface area (Å²) < 4.78 is 5.83. The number of halogens is 1. The van der Waals surface area contributed by atoms with Gasteiger partial charge in [0.1, 0.15) is 11.2 Å². The largest absolute Gasteiger partial charge is 0.456 e. The Morgan fingerprint density at radius 3 is 2.55 bits per heavy atom. The monoisotopic (exact) mass is 280 g/mol. The fourth-order valence-corrected chi connectivity index (χ4v) is 2.77. The van der Waals surface area contributed by atoms with Crippen LogP contribution in [-0.4, -0.2) is 0 Å². The summed E-state index contributed by atoms with van der Waals surface area (Å²) in [5.41, 5.74) is 1.15. The average molecular weight is 281 g/mol. The Balaban J connectivity index is 2.28. The van der Waals surface area contributed by atoms with E-state index in [2.05, 4.69) is 0 Å². The van der Waals surface area contributed by atoms with E-state index in [-0.39, 0.29) is 5.43 Å². The van der Waals surface area contributed by atoms with Gasteiger partial charge in [-0.3, -0.25) is 4.79 Å². The minimum Gasteiger partial charge on any atom is -0.456 e. The van der Waals surface area contributed by atoms with Crippen LogP contribution < -0.4 is 5.43 Å². The van der Waals surface area contributed by atoms with Gasteiger partial charge in [0.25, 0.3) is 0 Å². The topological polar surface area (TPSA) is 30.2 Å². The van der Waals surface area contributed by atoms with Crippen LogP contribution in [0.15, 0.2) is 63.8 Å². The van der Waals surface area contributed by atoms with Crippen LogP contribution >= 0.6 is 11.6 Å². The molecule has 0 aliphatic heterocycles. The first-order valence-corrected chi connectivity index (χ1v) is 6.66. The number of fused-ring (bicyclic) bond motifs is 3. The van der Waals surface area contributed by atoms with Crippen LogP contribution in [0.3, 0.4) is 0 Å². The molecule has 0 spiro atoms. The molecule has 4 aromatic rings. The summed E-state index contributed by atoms with van der Waals surface area (Å²) >= 11 is 6.20. The summed E-state index contributed by atoms with van der Waals surface area (Å²) in [5, 5.41) is 3.66. The van der Waals surface area contributed by atoms with Gasteiger partial charge in [0.15, 0.2) is 0 Å². The summed E-state index contributed by atoms with van der Waals surface area (Å²) in [7, 11) is 0. The molecular formula is C17H9ClO2. The Morgan fingerprint density at radius 1 is 0.800 bits per heavy atom. The van der Waals surface area contributed by atoms with Crippen LogP contribution in [0, 0.1) is 0 Å². The minimum absolute atomic E-state index is 0.0104. The van der Waals surface area contributed by atoms with Gasteiger partial charge >= 0.3 is 0 Å². The van der Waals surface area contributed by atoms with Crippen molar-refractivity contribution in [1.29, 1.82) is 0 Å². The third kappa shape index (κ3) is 1.55. The van der Waals surface area contributed by atoms with Gasteiger partial charge in [-0.1, -0.05) is 35.9 Å². The first-order chi connectivity index (χ1) is 9.74. The molecule has 96 valence electrons. The average Bonchev–Trinajstić information content (AvgIpc) is 2.47. The summed E-state index contributed by atoms with van der Waals surface area (Å²) in [6.07, 6.45) is 0. The smallest absolute Gasteiger partial charge is 0.200 e. The van der Waals surface area contributed by atoms with Gasteiger partial charge < -0.3 is 4.42 Å². The Morgan fingerprint density at radius 2 is 1.65 bits per heavy atom. The molecule has 2 nitrogen and oxygen atoms in total. The molecule has 0 saturated heterocycles. The second-order valence-corrected chi connectivity index (χ2v) is 5.14. The molecule has 3 heteroatoms. The van der Waals surface area contributed by atoms with Gasteiger partial charge in [-0.25, -0.2) is 0 Å². The molecule has 0 saturated carbocycles. The lowest BCUT2D eigenvalue weighted by atomic mass is 10.1. The maximum Gasteiger partial charge on any atom is 0.200 e. The zero-order valence-corrected chi connectivity index (χ0v) is 11.1. The van der Waals surface area contributed by atoms with Crippen molar-refractivity contribution in [2.45, 2.75) is 0 Å². The van der Waals surface area contributed by atoms with Crippen molar-refractivity contribution in [3.63, 3.8) is 0 Å². The van der Waals surface area contributed by atoms with E-state index < -0.39 is 0 Å². The highest BCUT2D eigenvalue weighted by Gasteiger charge is 2.09. The van der Waals surface area contributed by atoms with E-state index in [4.69, 9.17) is 16.0 Å². The maximum atomic E-state index is 12.5. The molecule has 0 atom stereocenters. The molecule has 0 N–H and O–H groups in total. The van der Waals surface area contributed by atoms with Crippen molar-refractivity contribution in [1.82, 2.24) is 0 Å². The van der Waals surface area contributed by atoms with Crippen molar-refractivity contribution in [3.8, 4) is 0 Å². The highest BCUT2D eigenvalue weighted by molar-refractivity contribution is 6.35. The van der Waals surface area contributed by atoms with Gasteiger partial charge in [0.2, 0.25) is 5.43 Å². The fourth-order valence-electron chi connectivity index (χ4n) is 2.54. The minimum atomic E-state index is -0.0104. The van der Waals surface area contributed by atoms with Crippen molar-refractivity contribution in [2.75, 3.05) is 0 Å². The SMILES string of the molecule is O=c1c2ccccc2oc2cc3c(Cl)cccc3cc12. The van der Waals surface area contributed by atoms with Crippen LogP contribution in [0.1, 0.15) is 0 Å². The molecule has 1 aromatic heterocycles. The fraction of sp³-hybridized carbons (Fsp3) is 0. The van der Waals surface area contributed by atoms with E-state index in [0.717, 1.165) is 10.8 Å². The van der Waals surface area contributed by atoms with Gasteiger partial charge in [0.05, 0.1) is 10.8 Å². The third-order valence-corrected chi connectivity index (χ3v) is 3.85. The number of hydrogen-bond donors (Lipinski definition) is 0. The third-order valence-electron chi connectivity index (χ3n) is 3.52. The van der Waals surface area contributed by atoms with Crippen LogP contribution in [0.25, 0.3) is 32.7 Å². The predicted octanol–water partition coefficient (Wildman–Crippen LogP) is 4.75. The van der Waals surface area contributed by atoms with Crippen molar-refractivity contribution in [3.05, 3.63) is 69.8 Å². The normalized spacial score (nSPS) is 11.4. The Kier molecular flexibility index (Phi) is 2.35. The first-order valence-electron chi connectivity index (χ1n) is 6.28. The molecule has 0 fully saturated rings. The lowest BCUT2D eigenvalue weighted by molar-refractivity contribution is 0.660. The summed E-state index contributed by atoms with van der Waals surface area (Å²) in [4.78, 5) is 12.5. The Labute approximate surface area is 119 Å². The maximum absolute atomic E-state index is 12.5. The molecule has 0 unspecified atom stereocenters. The van der Waals surface area contributed by atoms with E-state index >= 15 is 0 Å². The van der Waals surface area contributed by atoms with Gasteiger partial charge in [-0.2, -0.15) is 0 Å². The van der Waals surface area contributed by atoms with E-state index in [9.17, 15) is 4.79 Å². The molecule has 0 aliphatic rings. The molecule has 3 aromatic carbocycles. The van der Waals surface area contributed by atoms with Crippen LogP contribution in [0.5, 0.6) is 0 Å². The van der Waals surface area contributed by atoms with E-state index in [1.54, 1.807) is 12.1 Å². The molecule has 1 heterocycles. The molecule has 0 amide bonds. The predicted molar refractivity (Wildman–Crippen MR) is 82.5 cm³/mol. The van der Waals surface area contributed by atoms with E-state index in [1.165, 1.54) is 0 Å². The zero-order valence-electron chi connectivity index (χ0n) is 10.4. The quantitative estimate of drug-likeness (QED) is 0.435. The molecule has 4 rings (SSSR count). The molecule has 20 heavy (non-hydrogen) atoms. The van der Waals surface area contributed by atoms with Crippen molar-refractivity contribution in [2.24, 2.45) is 0 Å². The molecule has 0 aliphatic carbocycles. The van der Waals surface area contributed by atoms with Crippen molar-refractivity contribution < 1.29 is 4.42 Å². The summed E-state index contributed by atoms with van der Waals surface area (Å²) in [6.45, 7) is 0. The highest BCUT2D eigenvalue weighted by Crippen LogP contribution is 2.28. The second-order valence-electron chi connectivity index (χ2n) is 4.74. The molecule has 0 radical (unpaired) electrons. The van der Waals surface area contributed by atoms with Gasteiger partial charge in [-0.05, 0) is 35.7 Å². The van der Waals surface area contributed by atoms with E-state index in [1.807, 2.05) is 42.5 Å². The lowest BCUT2D eigenvalue weighted by Crippen LogP contribution is -2.01. The van der Waals surface area contributed by atoms with E-state index in [0.29, 0.717) is 27.0 Å². The van der Waals surface area contributed by atoms with Crippen LogP contribution in [-0.2, 0) is 0 Å². The number of benzene rings is 3. The lowest BCUT2D eigenvalue weighted by Gasteiger charge is -2.04. The number of hydrogen-bond acceptors (Lipinski definition) is 2. The standard InChI is InChI=1S/C17H9ClO2/c18-14-6-3-4-10-8-13-16(9-12(10)14)20-15-7-2-1-5-11(15)17(13)19/h1-9H. The summed E-state index contributed by atoms with van der Waals surface area (Å²) in [6, 6.07) is 16.6. The van der Waals surface area contributed by atoms with Gasteiger partial charge in [-0.15, -0.1) is 0 Å². The number of rotatable bonds is 0.